The molecule has 2 heterocycles. The molecule has 2 rings (SSSR count). The van der Waals surface area contributed by atoms with E-state index in [4.69, 9.17) is 0 Å². The van der Waals surface area contributed by atoms with Crippen LogP contribution in [0.1, 0.15) is 22.5 Å². The Balaban J connectivity index is 0.000000140. The van der Waals surface area contributed by atoms with Gasteiger partial charge in [-0.15, -0.1) is 0 Å². The predicted molar refractivity (Wildman–Crippen MR) is 60.5 cm³/mol. The van der Waals surface area contributed by atoms with Crippen LogP contribution in [-0.4, -0.2) is 9.97 Å². The normalized spacial score (nSPS) is 9.43. The average Bonchev–Trinajstić information content (AvgIpc) is 2.65. The zero-order valence-corrected chi connectivity index (χ0v) is 9.31. The van der Waals surface area contributed by atoms with Crippen molar-refractivity contribution in [3.63, 3.8) is 0 Å². The lowest BCUT2D eigenvalue weighted by Gasteiger charge is -1.81. The van der Waals surface area contributed by atoms with Gasteiger partial charge in [-0.25, -0.2) is 0 Å². The Morgan fingerprint density at radius 2 is 1.71 bits per heavy atom. The number of aromatic nitrogens is 2. The van der Waals surface area contributed by atoms with Gasteiger partial charge in [-0.05, 0) is 51.0 Å². The number of aromatic amines is 2. The summed E-state index contributed by atoms with van der Waals surface area (Å²) in [6.07, 6.45) is 3.94. The van der Waals surface area contributed by atoms with E-state index in [1.54, 1.807) is 0 Å². The second-order valence-electron chi connectivity index (χ2n) is 3.65. The highest BCUT2D eigenvalue weighted by molar-refractivity contribution is 5.15. The van der Waals surface area contributed by atoms with Crippen molar-refractivity contribution in [2.45, 2.75) is 27.7 Å². The van der Waals surface area contributed by atoms with E-state index in [9.17, 15) is 0 Å². The van der Waals surface area contributed by atoms with Crippen molar-refractivity contribution in [2.24, 2.45) is 0 Å². The van der Waals surface area contributed by atoms with Gasteiger partial charge in [0.25, 0.3) is 0 Å². The topological polar surface area (TPSA) is 31.6 Å². The smallest absolute Gasteiger partial charge is 0.0145 e. The Morgan fingerprint density at radius 1 is 1.00 bits per heavy atom. The van der Waals surface area contributed by atoms with Crippen LogP contribution in [0.5, 0.6) is 0 Å². The van der Waals surface area contributed by atoms with Crippen molar-refractivity contribution in [3.8, 4) is 0 Å². The summed E-state index contributed by atoms with van der Waals surface area (Å²) < 4.78 is 0. The van der Waals surface area contributed by atoms with E-state index >= 15 is 0 Å². The molecule has 0 aliphatic carbocycles. The van der Waals surface area contributed by atoms with Crippen LogP contribution in [0.25, 0.3) is 0 Å². The summed E-state index contributed by atoms with van der Waals surface area (Å²) in [6, 6.07) is 4.18. The highest BCUT2D eigenvalue weighted by atomic mass is 14.7. The molecule has 2 aromatic heterocycles. The third-order valence-electron chi connectivity index (χ3n) is 2.20. The minimum atomic E-state index is 1.23. The van der Waals surface area contributed by atoms with Crippen LogP contribution in [0.15, 0.2) is 24.5 Å². The number of nitrogens with one attached hydrogen (secondary N) is 2. The van der Waals surface area contributed by atoms with Gasteiger partial charge in [0.1, 0.15) is 0 Å². The van der Waals surface area contributed by atoms with Gasteiger partial charge in [0.15, 0.2) is 0 Å². The second-order valence-corrected chi connectivity index (χ2v) is 3.65. The minimum Gasteiger partial charge on any atom is -0.365 e. The van der Waals surface area contributed by atoms with E-state index in [2.05, 4.69) is 42.9 Å². The van der Waals surface area contributed by atoms with Gasteiger partial charge in [0.05, 0.1) is 0 Å². The fourth-order valence-electron chi connectivity index (χ4n) is 1.18. The third kappa shape index (κ3) is 3.13. The van der Waals surface area contributed by atoms with Crippen molar-refractivity contribution >= 4 is 0 Å². The molecule has 0 spiro atoms. The van der Waals surface area contributed by atoms with Gasteiger partial charge in [-0.3, -0.25) is 0 Å². The average molecular weight is 190 g/mol. The van der Waals surface area contributed by atoms with Crippen LogP contribution in [0.4, 0.5) is 0 Å². The summed E-state index contributed by atoms with van der Waals surface area (Å²) in [5.41, 5.74) is 5.13. The number of aryl methyl sites for hydroxylation is 4. The Labute approximate surface area is 85.4 Å². The molecule has 2 N–H and O–H groups in total. The van der Waals surface area contributed by atoms with Gasteiger partial charge in [0.2, 0.25) is 0 Å². The fourth-order valence-corrected chi connectivity index (χ4v) is 1.18. The van der Waals surface area contributed by atoms with Gasteiger partial charge in [-0.2, -0.15) is 0 Å². The van der Waals surface area contributed by atoms with E-state index in [1.165, 1.54) is 22.5 Å². The summed E-state index contributed by atoms with van der Waals surface area (Å²) in [6.45, 7) is 8.28. The molecule has 2 aromatic rings. The largest absolute Gasteiger partial charge is 0.365 e. The molecule has 0 unspecified atom stereocenters. The quantitative estimate of drug-likeness (QED) is 0.639. The SMILES string of the molecule is Cc1c[nH]c(C)c1.Cc1cc[nH]c1C. The van der Waals surface area contributed by atoms with Crippen LogP contribution in [0.2, 0.25) is 0 Å². The number of hydrogen-bond acceptors (Lipinski definition) is 0. The fraction of sp³-hybridized carbons (Fsp3) is 0.333. The van der Waals surface area contributed by atoms with Gasteiger partial charge in [0, 0.05) is 23.8 Å². The minimum absolute atomic E-state index is 1.23. The van der Waals surface area contributed by atoms with Crippen LogP contribution >= 0.6 is 0 Å². The lowest BCUT2D eigenvalue weighted by atomic mass is 10.3. The first-order valence-electron chi connectivity index (χ1n) is 4.82. The summed E-state index contributed by atoms with van der Waals surface area (Å²) in [5, 5.41) is 0. The van der Waals surface area contributed by atoms with Gasteiger partial charge >= 0.3 is 0 Å². The highest BCUT2D eigenvalue weighted by Gasteiger charge is 1.85. The van der Waals surface area contributed by atoms with Crippen molar-refractivity contribution in [2.75, 3.05) is 0 Å². The first-order valence-corrected chi connectivity index (χ1v) is 4.82. The summed E-state index contributed by atoms with van der Waals surface area (Å²) >= 11 is 0. The van der Waals surface area contributed by atoms with Crippen molar-refractivity contribution in [3.05, 3.63) is 47.0 Å². The van der Waals surface area contributed by atoms with Crippen LogP contribution in [0.3, 0.4) is 0 Å². The molecule has 0 aliphatic heterocycles. The van der Waals surface area contributed by atoms with E-state index in [0.29, 0.717) is 0 Å². The molecule has 0 aliphatic rings. The molecule has 0 radical (unpaired) electrons. The molecule has 14 heavy (non-hydrogen) atoms. The van der Waals surface area contributed by atoms with E-state index in [1.807, 2.05) is 19.3 Å². The molecule has 2 nitrogen and oxygen atoms in total. The van der Waals surface area contributed by atoms with Gasteiger partial charge in [-0.1, -0.05) is 0 Å². The number of H-pyrrole nitrogens is 2. The maximum Gasteiger partial charge on any atom is 0.0145 e. The zero-order valence-electron chi connectivity index (χ0n) is 9.31. The molecular formula is C12H18N2. The molecule has 0 fully saturated rings. The Hall–Kier alpha value is -1.44. The zero-order chi connectivity index (χ0) is 10.6. The first kappa shape index (κ1) is 10.6. The Morgan fingerprint density at radius 3 is 1.86 bits per heavy atom. The summed E-state index contributed by atoms with van der Waals surface area (Å²) in [7, 11) is 0. The first-order chi connectivity index (χ1) is 6.59. The Kier molecular flexibility index (Phi) is 3.57. The standard InChI is InChI=1S/2C6H9N/c1-5-3-6(2)7-4-5;1-5-3-4-7-6(5)2/h2*3-4,7H,1-2H3. The lowest BCUT2D eigenvalue weighted by Crippen LogP contribution is -1.69. The molecule has 2 heteroatoms. The number of rotatable bonds is 0. The van der Waals surface area contributed by atoms with E-state index < -0.39 is 0 Å². The van der Waals surface area contributed by atoms with E-state index in [-0.39, 0.29) is 0 Å². The molecular weight excluding hydrogens is 172 g/mol. The molecule has 0 atom stereocenters. The molecule has 76 valence electrons. The maximum absolute atomic E-state index is 3.07. The van der Waals surface area contributed by atoms with Crippen LogP contribution in [-0.2, 0) is 0 Å². The van der Waals surface area contributed by atoms with E-state index in [0.717, 1.165) is 0 Å². The van der Waals surface area contributed by atoms with Crippen LogP contribution < -0.4 is 0 Å². The number of hydrogen-bond donors (Lipinski definition) is 2. The molecule has 0 aromatic carbocycles. The Bertz CT molecular complexity index is 349. The van der Waals surface area contributed by atoms with Crippen molar-refractivity contribution < 1.29 is 0 Å². The lowest BCUT2D eigenvalue weighted by molar-refractivity contribution is 1.23. The molecule has 0 saturated carbocycles. The monoisotopic (exact) mass is 190 g/mol. The highest BCUT2D eigenvalue weighted by Crippen LogP contribution is 1.99. The van der Waals surface area contributed by atoms with Crippen LogP contribution in [0, 0.1) is 27.7 Å². The summed E-state index contributed by atoms with van der Waals surface area (Å²) in [4.78, 5) is 6.14. The molecule has 0 amide bonds. The molecule has 0 bridgehead atoms. The van der Waals surface area contributed by atoms with Gasteiger partial charge < -0.3 is 9.97 Å². The predicted octanol–water partition coefficient (Wildman–Crippen LogP) is 3.26. The molecule has 0 saturated heterocycles. The maximum atomic E-state index is 3.07. The van der Waals surface area contributed by atoms with Crippen molar-refractivity contribution in [1.82, 2.24) is 9.97 Å². The third-order valence-corrected chi connectivity index (χ3v) is 2.20. The summed E-state index contributed by atoms with van der Waals surface area (Å²) in [5.74, 6) is 0. The van der Waals surface area contributed by atoms with Crippen molar-refractivity contribution in [1.29, 1.82) is 0 Å². The second kappa shape index (κ2) is 4.70.